The molecular weight excluding hydrogens is 230 g/mol. The Morgan fingerprint density at radius 2 is 2.12 bits per heavy atom. The van der Waals surface area contributed by atoms with E-state index in [1.54, 1.807) is 0 Å². The third-order valence-electron chi connectivity index (χ3n) is 1.85. The van der Waals surface area contributed by atoms with E-state index in [4.69, 9.17) is 0 Å². The van der Waals surface area contributed by atoms with Crippen LogP contribution in [0.4, 0.5) is 0 Å². The Morgan fingerprint density at radius 1 is 1.41 bits per heavy atom. The molecule has 0 aliphatic rings. The van der Waals surface area contributed by atoms with Crippen molar-refractivity contribution in [1.82, 2.24) is 15.1 Å². The van der Waals surface area contributed by atoms with Gasteiger partial charge in [0, 0.05) is 12.1 Å². The number of amides is 1. The van der Waals surface area contributed by atoms with E-state index >= 15 is 0 Å². The number of ether oxygens (including phenoxy) is 1. The highest BCUT2D eigenvalue weighted by Gasteiger charge is 2.07. The molecule has 2 N–H and O–H groups in total. The average Bonchev–Trinajstić information content (AvgIpc) is 2.30. The third kappa shape index (κ3) is 3.93. The predicted molar refractivity (Wildman–Crippen MR) is 56.3 cm³/mol. The Morgan fingerprint density at radius 3 is 2.76 bits per heavy atom. The van der Waals surface area contributed by atoms with Crippen LogP contribution in [0.15, 0.2) is 21.7 Å². The quantitative estimate of drug-likeness (QED) is 0.582. The maximum atomic E-state index is 11.3. The number of aromatic nitrogens is 2. The number of methoxy groups -OCH3 is 1. The van der Waals surface area contributed by atoms with Gasteiger partial charge in [0.15, 0.2) is 0 Å². The van der Waals surface area contributed by atoms with Crippen molar-refractivity contribution in [3.8, 4) is 0 Å². The minimum Gasteiger partial charge on any atom is -0.468 e. The fourth-order valence-electron chi connectivity index (χ4n) is 1.02. The first-order valence-electron chi connectivity index (χ1n) is 4.66. The summed E-state index contributed by atoms with van der Waals surface area (Å²) >= 11 is 0. The Kier molecular flexibility index (Phi) is 4.21. The van der Waals surface area contributed by atoms with Gasteiger partial charge in [0.05, 0.1) is 7.11 Å². The molecule has 1 amide bonds. The molecule has 1 aromatic rings. The van der Waals surface area contributed by atoms with Crippen LogP contribution >= 0.6 is 0 Å². The van der Waals surface area contributed by atoms with Crippen molar-refractivity contribution in [2.24, 2.45) is 0 Å². The van der Waals surface area contributed by atoms with Gasteiger partial charge in [0.2, 0.25) is 5.91 Å². The van der Waals surface area contributed by atoms with Gasteiger partial charge in [-0.2, -0.15) is 0 Å². The molecule has 0 radical (unpaired) electrons. The second-order valence-electron chi connectivity index (χ2n) is 3.09. The molecular formula is C9H11N3O5. The van der Waals surface area contributed by atoms with E-state index in [-0.39, 0.29) is 13.1 Å². The van der Waals surface area contributed by atoms with E-state index in [1.165, 1.54) is 7.11 Å². The number of hydrogen-bond acceptors (Lipinski definition) is 5. The van der Waals surface area contributed by atoms with Crippen LogP contribution in [0.2, 0.25) is 0 Å². The lowest BCUT2D eigenvalue weighted by molar-refractivity contribution is -0.141. The van der Waals surface area contributed by atoms with Crippen LogP contribution in [0, 0.1) is 0 Å². The van der Waals surface area contributed by atoms with Crippen LogP contribution in [0.1, 0.15) is 0 Å². The smallest absolute Gasteiger partial charge is 0.325 e. The number of carbonyl (C=O) groups excluding carboxylic acids is 2. The Bertz CT molecular complexity index is 530. The molecule has 0 fully saturated rings. The summed E-state index contributed by atoms with van der Waals surface area (Å²) in [6.45, 7) is -0.660. The van der Waals surface area contributed by atoms with Gasteiger partial charge in [-0.3, -0.25) is 24.3 Å². The normalized spacial score (nSPS) is 9.71. The van der Waals surface area contributed by atoms with Gasteiger partial charge in [0.25, 0.3) is 11.1 Å². The van der Waals surface area contributed by atoms with Crippen molar-refractivity contribution < 1.29 is 14.3 Å². The number of aromatic amines is 1. The van der Waals surface area contributed by atoms with Crippen molar-refractivity contribution in [3.63, 3.8) is 0 Å². The van der Waals surface area contributed by atoms with Gasteiger partial charge >= 0.3 is 5.97 Å². The fourth-order valence-corrected chi connectivity index (χ4v) is 1.02. The SMILES string of the molecule is COC(=O)CNC(=O)Cn1[nH]c(=O)ccc1=O. The summed E-state index contributed by atoms with van der Waals surface area (Å²) in [5, 5.41) is 4.41. The van der Waals surface area contributed by atoms with Gasteiger partial charge in [-0.15, -0.1) is 0 Å². The largest absolute Gasteiger partial charge is 0.468 e. The number of H-pyrrole nitrogens is 1. The van der Waals surface area contributed by atoms with Crippen molar-refractivity contribution in [2.45, 2.75) is 6.54 Å². The molecule has 0 atom stereocenters. The van der Waals surface area contributed by atoms with E-state index in [9.17, 15) is 19.2 Å². The monoisotopic (exact) mass is 241 g/mol. The second kappa shape index (κ2) is 5.64. The number of rotatable bonds is 4. The predicted octanol–water partition coefficient (Wildman–Crippen LogP) is -2.17. The third-order valence-corrected chi connectivity index (χ3v) is 1.85. The number of nitrogens with one attached hydrogen (secondary N) is 2. The van der Waals surface area contributed by atoms with Crippen LogP contribution in [-0.2, 0) is 20.9 Å². The van der Waals surface area contributed by atoms with Gasteiger partial charge in [-0.05, 0) is 0 Å². The van der Waals surface area contributed by atoms with Gasteiger partial charge in [-0.25, -0.2) is 4.68 Å². The molecule has 0 spiro atoms. The van der Waals surface area contributed by atoms with Crippen LogP contribution < -0.4 is 16.4 Å². The first-order chi connectivity index (χ1) is 8.02. The van der Waals surface area contributed by atoms with Crippen molar-refractivity contribution in [2.75, 3.05) is 13.7 Å². The zero-order chi connectivity index (χ0) is 12.8. The van der Waals surface area contributed by atoms with Crippen molar-refractivity contribution >= 4 is 11.9 Å². The van der Waals surface area contributed by atoms with Crippen LogP contribution in [0.3, 0.4) is 0 Å². The van der Waals surface area contributed by atoms with Gasteiger partial charge < -0.3 is 10.1 Å². The summed E-state index contributed by atoms with van der Waals surface area (Å²) in [4.78, 5) is 44.2. The Labute approximate surface area is 95.2 Å². The molecule has 0 aliphatic carbocycles. The minimum absolute atomic E-state index is 0.291. The molecule has 0 aliphatic heterocycles. The van der Waals surface area contributed by atoms with Crippen molar-refractivity contribution in [1.29, 1.82) is 0 Å². The maximum absolute atomic E-state index is 11.3. The molecule has 0 unspecified atom stereocenters. The van der Waals surface area contributed by atoms with Gasteiger partial charge in [0.1, 0.15) is 13.1 Å². The molecule has 0 aromatic carbocycles. The van der Waals surface area contributed by atoms with E-state index in [1.807, 2.05) is 0 Å². The molecule has 17 heavy (non-hydrogen) atoms. The lowest BCUT2D eigenvalue weighted by Gasteiger charge is -2.05. The van der Waals surface area contributed by atoms with E-state index in [0.29, 0.717) is 0 Å². The second-order valence-corrected chi connectivity index (χ2v) is 3.09. The van der Waals surface area contributed by atoms with E-state index in [0.717, 1.165) is 16.8 Å². The lowest BCUT2D eigenvalue weighted by atomic mass is 10.5. The first-order valence-corrected chi connectivity index (χ1v) is 4.66. The van der Waals surface area contributed by atoms with Crippen LogP contribution in [0.5, 0.6) is 0 Å². The fraction of sp³-hybridized carbons (Fsp3) is 0.333. The summed E-state index contributed by atoms with van der Waals surface area (Å²) in [5.41, 5.74) is -1.01. The van der Waals surface area contributed by atoms with Gasteiger partial charge in [-0.1, -0.05) is 0 Å². The highest BCUT2D eigenvalue weighted by atomic mass is 16.5. The zero-order valence-corrected chi connectivity index (χ0v) is 9.06. The lowest BCUT2D eigenvalue weighted by Crippen LogP contribution is -2.37. The number of carbonyl (C=O) groups is 2. The number of nitrogens with zero attached hydrogens (tertiary/aromatic N) is 1. The van der Waals surface area contributed by atoms with Crippen LogP contribution in [-0.4, -0.2) is 35.3 Å². The Hall–Kier alpha value is -2.38. The molecule has 0 saturated heterocycles. The summed E-state index contributed by atoms with van der Waals surface area (Å²) in [7, 11) is 1.19. The average molecular weight is 241 g/mol. The number of hydrogen-bond donors (Lipinski definition) is 2. The molecule has 0 bridgehead atoms. The van der Waals surface area contributed by atoms with E-state index < -0.39 is 23.0 Å². The molecule has 92 valence electrons. The number of esters is 1. The topological polar surface area (TPSA) is 110 Å². The Balaban J connectivity index is 2.62. The molecule has 1 heterocycles. The standard InChI is InChI=1S/C9H11N3O5/c1-17-9(16)4-10-7(14)5-12-8(15)3-2-6(13)11-12/h2-3H,4-5H2,1H3,(H,10,14)(H,11,13). The first kappa shape index (κ1) is 12.7. The van der Waals surface area contributed by atoms with E-state index in [2.05, 4.69) is 15.2 Å². The maximum Gasteiger partial charge on any atom is 0.325 e. The molecule has 8 heteroatoms. The highest BCUT2D eigenvalue weighted by molar-refractivity contribution is 5.81. The molecule has 1 rings (SSSR count). The zero-order valence-electron chi connectivity index (χ0n) is 9.06. The van der Waals surface area contributed by atoms with Crippen molar-refractivity contribution in [3.05, 3.63) is 32.8 Å². The highest BCUT2D eigenvalue weighted by Crippen LogP contribution is 1.76. The summed E-state index contributed by atoms with van der Waals surface area (Å²) in [5.74, 6) is -1.19. The summed E-state index contributed by atoms with van der Waals surface area (Å²) in [6, 6.07) is 2.11. The molecule has 0 saturated carbocycles. The summed E-state index contributed by atoms with van der Waals surface area (Å²) < 4.78 is 5.16. The van der Waals surface area contributed by atoms with Crippen LogP contribution in [0.25, 0.3) is 0 Å². The summed E-state index contributed by atoms with van der Waals surface area (Å²) in [6.07, 6.45) is 0. The molecule has 8 nitrogen and oxygen atoms in total. The minimum atomic E-state index is -0.604. The molecule has 1 aromatic heterocycles.